The average molecular weight is 268 g/mol. The van der Waals surface area contributed by atoms with E-state index in [1.54, 1.807) is 0 Å². The number of aryl methyl sites for hydroxylation is 1. The lowest BCUT2D eigenvalue weighted by Crippen LogP contribution is -2.01. The van der Waals surface area contributed by atoms with Crippen LogP contribution in [0.1, 0.15) is 10.5 Å². The van der Waals surface area contributed by atoms with Gasteiger partial charge in [-0.2, -0.15) is 5.10 Å². The molecule has 100 valence electrons. The Balaban J connectivity index is 2.68. The summed E-state index contributed by atoms with van der Waals surface area (Å²) >= 11 is 0. The number of halogens is 2. The van der Waals surface area contributed by atoms with Gasteiger partial charge in [-0.15, -0.1) is 0 Å². The molecule has 2 aromatic rings. The highest BCUT2D eigenvalue weighted by Gasteiger charge is 2.21. The first kappa shape index (κ1) is 13.0. The summed E-state index contributed by atoms with van der Waals surface area (Å²) in [6, 6.07) is 3.30. The lowest BCUT2D eigenvalue weighted by atomic mass is 10.1. The molecule has 0 aliphatic rings. The Kier molecular flexibility index (Phi) is 3.20. The summed E-state index contributed by atoms with van der Waals surface area (Å²) in [5.41, 5.74) is -0.646. The van der Waals surface area contributed by atoms with Crippen LogP contribution in [0.4, 0.5) is 8.78 Å². The van der Waals surface area contributed by atoms with Crippen molar-refractivity contribution in [2.24, 2.45) is 7.05 Å². The van der Waals surface area contributed by atoms with Gasteiger partial charge in [-0.25, -0.2) is 13.6 Å². The lowest BCUT2D eigenvalue weighted by Gasteiger charge is -2.08. The third kappa shape index (κ3) is 2.14. The molecule has 0 spiro atoms. The van der Waals surface area contributed by atoms with Gasteiger partial charge in [0.1, 0.15) is 5.82 Å². The van der Waals surface area contributed by atoms with Crippen molar-refractivity contribution in [3.63, 3.8) is 0 Å². The van der Waals surface area contributed by atoms with Crippen LogP contribution in [-0.2, 0) is 7.05 Å². The number of carbonyl (C=O) groups is 1. The molecule has 0 aliphatic heterocycles. The van der Waals surface area contributed by atoms with Gasteiger partial charge < -0.3 is 9.84 Å². The van der Waals surface area contributed by atoms with Gasteiger partial charge in [0.15, 0.2) is 17.3 Å². The zero-order valence-electron chi connectivity index (χ0n) is 10.1. The zero-order valence-corrected chi connectivity index (χ0v) is 10.1. The second-order valence-corrected chi connectivity index (χ2v) is 3.78. The average Bonchev–Trinajstić information content (AvgIpc) is 2.72. The molecule has 0 saturated heterocycles. The number of nitrogens with zero attached hydrogens (tertiary/aromatic N) is 2. The summed E-state index contributed by atoms with van der Waals surface area (Å²) < 4.78 is 33.7. The minimum atomic E-state index is -1.27. The highest BCUT2D eigenvalue weighted by molar-refractivity contribution is 5.87. The molecule has 1 heterocycles. The molecule has 0 atom stereocenters. The van der Waals surface area contributed by atoms with Crippen LogP contribution >= 0.6 is 0 Å². The van der Waals surface area contributed by atoms with Gasteiger partial charge in [-0.05, 0) is 18.2 Å². The van der Waals surface area contributed by atoms with Gasteiger partial charge in [0.2, 0.25) is 0 Å². The number of hydrogen-bond donors (Lipinski definition) is 1. The maximum absolute atomic E-state index is 14.1. The van der Waals surface area contributed by atoms with E-state index in [9.17, 15) is 13.6 Å². The number of carboxylic acids is 1. The zero-order chi connectivity index (χ0) is 14.2. The van der Waals surface area contributed by atoms with E-state index in [0.29, 0.717) is 0 Å². The van der Waals surface area contributed by atoms with E-state index in [0.717, 1.165) is 22.9 Å². The molecular formula is C12H10F2N2O3. The van der Waals surface area contributed by atoms with Crippen LogP contribution in [0, 0.1) is 11.6 Å². The van der Waals surface area contributed by atoms with Crippen LogP contribution in [0.2, 0.25) is 0 Å². The van der Waals surface area contributed by atoms with Gasteiger partial charge in [-0.1, -0.05) is 0 Å². The summed E-state index contributed by atoms with van der Waals surface area (Å²) in [5.74, 6) is -3.12. The second-order valence-electron chi connectivity index (χ2n) is 3.78. The van der Waals surface area contributed by atoms with E-state index < -0.39 is 17.6 Å². The quantitative estimate of drug-likeness (QED) is 0.925. The van der Waals surface area contributed by atoms with E-state index in [1.165, 1.54) is 14.2 Å². The molecule has 0 bridgehead atoms. The molecule has 0 saturated carbocycles. The highest BCUT2D eigenvalue weighted by Crippen LogP contribution is 2.31. The number of benzene rings is 1. The molecule has 0 amide bonds. The molecule has 0 fully saturated rings. The van der Waals surface area contributed by atoms with E-state index in [1.807, 2.05) is 0 Å². The van der Waals surface area contributed by atoms with Crippen LogP contribution in [0.25, 0.3) is 11.3 Å². The van der Waals surface area contributed by atoms with E-state index in [2.05, 4.69) is 5.10 Å². The molecule has 7 heteroatoms. The first-order valence-electron chi connectivity index (χ1n) is 5.25. The predicted molar refractivity (Wildman–Crippen MR) is 62.1 cm³/mol. The first-order valence-corrected chi connectivity index (χ1v) is 5.25. The van der Waals surface area contributed by atoms with Crippen LogP contribution in [0.3, 0.4) is 0 Å². The van der Waals surface area contributed by atoms with E-state index >= 15 is 0 Å². The Morgan fingerprint density at radius 1 is 1.42 bits per heavy atom. The fourth-order valence-corrected chi connectivity index (χ4v) is 1.73. The van der Waals surface area contributed by atoms with Crippen molar-refractivity contribution in [2.45, 2.75) is 0 Å². The fourth-order valence-electron chi connectivity index (χ4n) is 1.73. The van der Waals surface area contributed by atoms with Gasteiger partial charge in [0.25, 0.3) is 0 Å². The molecule has 5 nitrogen and oxygen atoms in total. The molecule has 1 N–H and O–H groups in total. The standard InChI is InChI=1S/C12H10F2N2O3/c1-16-8(5-7(15-16)12(17)18)10-6(13)3-4-9(19-2)11(10)14/h3-5H,1-2H3,(H,17,18). The Hall–Kier alpha value is -2.44. The maximum atomic E-state index is 14.1. The topological polar surface area (TPSA) is 64.3 Å². The summed E-state index contributed by atoms with van der Waals surface area (Å²) in [7, 11) is 2.66. The van der Waals surface area contributed by atoms with Crippen LogP contribution in [0.5, 0.6) is 5.75 Å². The van der Waals surface area contributed by atoms with Crippen molar-refractivity contribution < 1.29 is 23.4 Å². The fraction of sp³-hybridized carbons (Fsp3) is 0.167. The lowest BCUT2D eigenvalue weighted by molar-refractivity contribution is 0.0689. The third-order valence-corrected chi connectivity index (χ3v) is 2.63. The summed E-state index contributed by atoms with van der Waals surface area (Å²) in [6.45, 7) is 0. The number of methoxy groups -OCH3 is 1. The molecule has 1 aromatic carbocycles. The highest BCUT2D eigenvalue weighted by atomic mass is 19.1. The largest absolute Gasteiger partial charge is 0.494 e. The van der Waals surface area contributed by atoms with Gasteiger partial charge in [-0.3, -0.25) is 4.68 Å². The summed E-state index contributed by atoms with van der Waals surface area (Å²) in [5, 5.41) is 12.5. The van der Waals surface area contributed by atoms with E-state index in [4.69, 9.17) is 9.84 Å². The number of hydrogen-bond acceptors (Lipinski definition) is 3. The molecular weight excluding hydrogens is 258 g/mol. The number of carboxylic acid groups (broad SMARTS) is 1. The molecule has 1 aromatic heterocycles. The Morgan fingerprint density at radius 2 is 2.11 bits per heavy atom. The molecule has 0 radical (unpaired) electrons. The van der Waals surface area contributed by atoms with Crippen molar-refractivity contribution in [2.75, 3.05) is 7.11 Å². The SMILES string of the molecule is COc1ccc(F)c(-c2cc(C(=O)O)nn2C)c1F. The monoisotopic (exact) mass is 268 g/mol. The van der Waals surface area contributed by atoms with Crippen LogP contribution < -0.4 is 4.74 Å². The number of aromatic nitrogens is 2. The van der Waals surface area contributed by atoms with Crippen molar-refractivity contribution in [1.29, 1.82) is 0 Å². The minimum absolute atomic E-state index is 0.0197. The third-order valence-electron chi connectivity index (χ3n) is 2.63. The Morgan fingerprint density at radius 3 is 2.63 bits per heavy atom. The van der Waals surface area contributed by atoms with Crippen LogP contribution in [0.15, 0.2) is 18.2 Å². The minimum Gasteiger partial charge on any atom is -0.494 e. The maximum Gasteiger partial charge on any atom is 0.356 e. The van der Waals surface area contributed by atoms with Crippen molar-refractivity contribution in [1.82, 2.24) is 9.78 Å². The summed E-state index contributed by atoms with van der Waals surface area (Å²) in [6.07, 6.45) is 0. The predicted octanol–water partition coefficient (Wildman–Crippen LogP) is 2.07. The molecule has 0 aliphatic carbocycles. The van der Waals surface area contributed by atoms with Gasteiger partial charge >= 0.3 is 5.97 Å². The van der Waals surface area contributed by atoms with E-state index in [-0.39, 0.29) is 22.7 Å². The normalized spacial score (nSPS) is 10.5. The van der Waals surface area contributed by atoms with Crippen molar-refractivity contribution in [3.8, 4) is 17.0 Å². The molecule has 0 unspecified atom stereocenters. The number of ether oxygens (including phenoxy) is 1. The van der Waals surface area contributed by atoms with Crippen molar-refractivity contribution in [3.05, 3.63) is 35.5 Å². The molecule has 2 rings (SSSR count). The second kappa shape index (κ2) is 4.68. The molecule has 19 heavy (non-hydrogen) atoms. The van der Waals surface area contributed by atoms with Crippen LogP contribution in [-0.4, -0.2) is 28.0 Å². The Labute approximate surface area is 107 Å². The summed E-state index contributed by atoms with van der Waals surface area (Å²) in [4.78, 5) is 10.8. The van der Waals surface area contributed by atoms with Crippen molar-refractivity contribution >= 4 is 5.97 Å². The number of rotatable bonds is 3. The van der Waals surface area contributed by atoms with Gasteiger partial charge in [0, 0.05) is 7.05 Å². The number of aromatic carboxylic acids is 1. The Bertz CT molecular complexity index is 653. The van der Waals surface area contributed by atoms with Gasteiger partial charge in [0.05, 0.1) is 18.4 Å². The smallest absolute Gasteiger partial charge is 0.356 e. The first-order chi connectivity index (χ1) is 8.95.